The molecule has 168 valence electrons. The van der Waals surface area contributed by atoms with E-state index in [2.05, 4.69) is 19.9 Å². The summed E-state index contributed by atoms with van der Waals surface area (Å²) in [5, 5.41) is 3.28. The molecule has 0 unspecified atom stereocenters. The lowest BCUT2D eigenvalue weighted by molar-refractivity contribution is -0.176. The van der Waals surface area contributed by atoms with Crippen molar-refractivity contribution >= 4 is 11.9 Å². The van der Waals surface area contributed by atoms with Crippen molar-refractivity contribution in [2.45, 2.75) is 46.0 Å². The zero-order chi connectivity index (χ0) is 22.0. The Hall–Kier alpha value is -2.29. The van der Waals surface area contributed by atoms with Crippen molar-refractivity contribution in [3.05, 3.63) is 35.4 Å². The van der Waals surface area contributed by atoms with Crippen LogP contribution >= 0.6 is 0 Å². The summed E-state index contributed by atoms with van der Waals surface area (Å²) in [6.07, 6.45) is -2.85. The summed E-state index contributed by atoms with van der Waals surface area (Å²) in [7, 11) is 0. The Morgan fingerprint density at radius 1 is 1.17 bits per heavy atom. The van der Waals surface area contributed by atoms with E-state index in [0.29, 0.717) is 18.7 Å². The van der Waals surface area contributed by atoms with E-state index in [1.807, 2.05) is 26.0 Å². The highest BCUT2D eigenvalue weighted by atomic mass is 19.4. The van der Waals surface area contributed by atoms with Gasteiger partial charge in [0.25, 0.3) is 0 Å². The van der Waals surface area contributed by atoms with Crippen LogP contribution in [0.1, 0.15) is 37.8 Å². The number of esters is 1. The number of alkyl halides is 3. The molecule has 2 rings (SSSR count). The first-order valence-electron chi connectivity index (χ1n) is 10.2. The number of benzene rings is 1. The summed E-state index contributed by atoms with van der Waals surface area (Å²) in [5.74, 6) is 0.604. The number of aliphatic imine (C=N–C) groups is 1. The van der Waals surface area contributed by atoms with Gasteiger partial charge in [0, 0.05) is 19.6 Å². The lowest BCUT2D eigenvalue weighted by Gasteiger charge is -2.33. The molecule has 0 spiro atoms. The molecular weight excluding hydrogens is 399 g/mol. The molecule has 0 atom stereocenters. The standard InChI is InChI=1S/C21H30F3N3O3/c1-3-25-20(27-11-9-18(10-12-27)19(28)30-4-2)26-13-16-5-7-17(8-6-16)14-29-15-21(22,23)24/h5-8,18H,3-4,9-15H2,1-2H3,(H,25,26). The van der Waals surface area contributed by atoms with Crippen LogP contribution in [0.2, 0.25) is 0 Å². The number of carbonyl (C=O) groups excluding carboxylic acids is 1. The van der Waals surface area contributed by atoms with E-state index in [4.69, 9.17) is 4.74 Å². The van der Waals surface area contributed by atoms with Gasteiger partial charge in [-0.2, -0.15) is 13.2 Å². The maximum Gasteiger partial charge on any atom is 0.411 e. The van der Waals surface area contributed by atoms with Crippen LogP contribution < -0.4 is 5.32 Å². The second-order valence-corrected chi connectivity index (χ2v) is 7.11. The SMILES string of the molecule is CCNC(=NCc1ccc(COCC(F)(F)F)cc1)N1CCC(C(=O)OCC)CC1. The summed E-state index contributed by atoms with van der Waals surface area (Å²) in [5.41, 5.74) is 1.63. The van der Waals surface area contributed by atoms with E-state index in [-0.39, 0.29) is 18.5 Å². The molecule has 0 saturated carbocycles. The monoisotopic (exact) mass is 429 g/mol. The lowest BCUT2D eigenvalue weighted by atomic mass is 9.97. The molecule has 1 aromatic carbocycles. The van der Waals surface area contributed by atoms with E-state index >= 15 is 0 Å². The van der Waals surface area contributed by atoms with Crippen molar-refractivity contribution < 1.29 is 27.4 Å². The van der Waals surface area contributed by atoms with Gasteiger partial charge in [-0.15, -0.1) is 0 Å². The van der Waals surface area contributed by atoms with Gasteiger partial charge in [0.15, 0.2) is 5.96 Å². The molecule has 0 amide bonds. The molecule has 0 aromatic heterocycles. The fourth-order valence-corrected chi connectivity index (χ4v) is 3.20. The molecular formula is C21H30F3N3O3. The van der Waals surface area contributed by atoms with E-state index in [1.54, 1.807) is 12.1 Å². The normalized spacial score (nSPS) is 15.9. The molecule has 6 nitrogen and oxygen atoms in total. The van der Waals surface area contributed by atoms with Gasteiger partial charge in [0.05, 0.1) is 25.7 Å². The Morgan fingerprint density at radius 2 is 1.80 bits per heavy atom. The predicted molar refractivity (Wildman–Crippen MR) is 108 cm³/mol. The highest BCUT2D eigenvalue weighted by Crippen LogP contribution is 2.19. The zero-order valence-corrected chi connectivity index (χ0v) is 17.5. The number of likely N-dealkylation sites (tertiary alicyclic amines) is 1. The number of guanidine groups is 1. The van der Waals surface area contributed by atoms with Crippen LogP contribution in [0.15, 0.2) is 29.3 Å². The molecule has 1 heterocycles. The fourth-order valence-electron chi connectivity index (χ4n) is 3.20. The minimum Gasteiger partial charge on any atom is -0.466 e. The second kappa shape index (κ2) is 11.8. The quantitative estimate of drug-likeness (QED) is 0.389. The van der Waals surface area contributed by atoms with Gasteiger partial charge >= 0.3 is 12.1 Å². The molecule has 30 heavy (non-hydrogen) atoms. The maximum atomic E-state index is 12.1. The Morgan fingerprint density at radius 3 is 2.37 bits per heavy atom. The molecule has 9 heteroatoms. The van der Waals surface area contributed by atoms with Crippen molar-refractivity contribution in [2.24, 2.45) is 10.9 Å². The van der Waals surface area contributed by atoms with Crippen LogP contribution in [0.4, 0.5) is 13.2 Å². The van der Waals surface area contributed by atoms with Crippen molar-refractivity contribution in [3.8, 4) is 0 Å². The van der Waals surface area contributed by atoms with Crippen LogP contribution in [0.3, 0.4) is 0 Å². The van der Waals surface area contributed by atoms with Crippen molar-refractivity contribution in [1.29, 1.82) is 0 Å². The van der Waals surface area contributed by atoms with Crippen molar-refractivity contribution in [1.82, 2.24) is 10.2 Å². The molecule has 1 aliphatic rings. The number of ether oxygens (including phenoxy) is 2. The zero-order valence-electron chi connectivity index (χ0n) is 17.5. The van der Waals surface area contributed by atoms with E-state index in [0.717, 1.165) is 44.0 Å². The lowest BCUT2D eigenvalue weighted by Crippen LogP contribution is -2.46. The predicted octanol–water partition coefficient (Wildman–Crippen LogP) is 3.51. The number of nitrogens with one attached hydrogen (secondary N) is 1. The summed E-state index contributed by atoms with van der Waals surface area (Å²) < 4.78 is 46.2. The molecule has 1 aromatic rings. The molecule has 1 aliphatic heterocycles. The Balaban J connectivity index is 1.88. The maximum absolute atomic E-state index is 12.1. The molecule has 0 bridgehead atoms. The van der Waals surface area contributed by atoms with Gasteiger partial charge < -0.3 is 19.7 Å². The minimum absolute atomic E-state index is 0.0591. The molecule has 1 saturated heterocycles. The minimum atomic E-state index is -4.32. The molecule has 0 radical (unpaired) electrons. The summed E-state index contributed by atoms with van der Waals surface area (Å²) >= 11 is 0. The number of nitrogens with zero attached hydrogens (tertiary/aromatic N) is 2. The first-order chi connectivity index (χ1) is 14.3. The van der Waals surface area contributed by atoms with Gasteiger partial charge in [-0.1, -0.05) is 24.3 Å². The Labute approximate surface area is 175 Å². The van der Waals surface area contributed by atoms with Crippen LogP contribution in [0.5, 0.6) is 0 Å². The largest absolute Gasteiger partial charge is 0.466 e. The van der Waals surface area contributed by atoms with Gasteiger partial charge in [-0.25, -0.2) is 4.99 Å². The number of halogens is 3. The topological polar surface area (TPSA) is 63.2 Å². The molecule has 1 N–H and O–H groups in total. The number of rotatable bonds is 8. The second-order valence-electron chi connectivity index (χ2n) is 7.11. The van der Waals surface area contributed by atoms with E-state index in [1.165, 1.54) is 0 Å². The third-order valence-corrected chi connectivity index (χ3v) is 4.72. The Kier molecular flexibility index (Phi) is 9.42. The van der Waals surface area contributed by atoms with Crippen LogP contribution in [-0.2, 0) is 27.4 Å². The smallest absolute Gasteiger partial charge is 0.411 e. The number of piperidine rings is 1. The number of carbonyl (C=O) groups is 1. The van der Waals surface area contributed by atoms with Crippen LogP contribution in [0.25, 0.3) is 0 Å². The van der Waals surface area contributed by atoms with Gasteiger partial charge in [-0.05, 0) is 37.8 Å². The fraction of sp³-hybridized carbons (Fsp3) is 0.619. The summed E-state index contributed by atoms with van der Waals surface area (Å²) in [6.45, 7) is 5.50. The first kappa shape index (κ1) is 24.0. The highest BCUT2D eigenvalue weighted by Gasteiger charge is 2.28. The summed E-state index contributed by atoms with van der Waals surface area (Å²) in [6, 6.07) is 7.18. The summed E-state index contributed by atoms with van der Waals surface area (Å²) in [4.78, 5) is 18.7. The Bertz CT molecular complexity index is 685. The van der Waals surface area contributed by atoms with Crippen molar-refractivity contribution in [2.75, 3.05) is 32.8 Å². The van der Waals surface area contributed by atoms with E-state index in [9.17, 15) is 18.0 Å². The van der Waals surface area contributed by atoms with E-state index < -0.39 is 12.8 Å². The number of hydrogen-bond acceptors (Lipinski definition) is 4. The average molecular weight is 429 g/mol. The third kappa shape index (κ3) is 8.22. The molecule has 0 aliphatic carbocycles. The van der Waals surface area contributed by atoms with Crippen molar-refractivity contribution in [3.63, 3.8) is 0 Å². The van der Waals surface area contributed by atoms with Crippen LogP contribution in [0, 0.1) is 5.92 Å². The van der Waals surface area contributed by atoms with Gasteiger partial charge in [0.1, 0.15) is 6.61 Å². The molecule has 1 fully saturated rings. The number of hydrogen-bond donors (Lipinski definition) is 1. The van der Waals surface area contributed by atoms with Gasteiger partial charge in [0.2, 0.25) is 0 Å². The third-order valence-electron chi connectivity index (χ3n) is 4.72. The van der Waals surface area contributed by atoms with Crippen LogP contribution in [-0.4, -0.2) is 55.9 Å². The highest BCUT2D eigenvalue weighted by molar-refractivity contribution is 5.80. The average Bonchev–Trinajstić information content (AvgIpc) is 2.71. The first-order valence-corrected chi connectivity index (χ1v) is 10.2. The van der Waals surface area contributed by atoms with Gasteiger partial charge in [-0.3, -0.25) is 4.79 Å².